The molecule has 6 nitrogen and oxygen atoms in total. The summed E-state index contributed by atoms with van der Waals surface area (Å²) in [7, 11) is 3.14. The minimum atomic E-state index is -0.461. The Labute approximate surface area is 161 Å². The third-order valence-corrected chi connectivity index (χ3v) is 4.21. The summed E-state index contributed by atoms with van der Waals surface area (Å²) in [4.78, 5) is 16.8. The average Bonchev–Trinajstić information content (AvgIpc) is 3.18. The number of carbonyl (C=O) groups is 1. The lowest BCUT2D eigenvalue weighted by Gasteiger charge is -2.06. The SMILES string of the molecule is COc1ccc(-c2nc3c(OC)cc(OC(=O)c4ccccc4)cc3o2)cc1. The van der Waals surface area contributed by atoms with Crippen LogP contribution in [0.4, 0.5) is 0 Å². The zero-order valence-corrected chi connectivity index (χ0v) is 15.3. The fourth-order valence-electron chi connectivity index (χ4n) is 2.79. The van der Waals surface area contributed by atoms with Crippen LogP contribution >= 0.6 is 0 Å². The van der Waals surface area contributed by atoms with E-state index in [1.807, 2.05) is 30.3 Å². The summed E-state index contributed by atoms with van der Waals surface area (Å²) in [6.45, 7) is 0. The van der Waals surface area contributed by atoms with Gasteiger partial charge in [-0.2, -0.15) is 0 Å². The number of nitrogens with zero attached hydrogens (tertiary/aromatic N) is 1. The van der Waals surface area contributed by atoms with Crippen molar-refractivity contribution in [1.29, 1.82) is 0 Å². The summed E-state index contributed by atoms with van der Waals surface area (Å²) in [6.07, 6.45) is 0. The Balaban J connectivity index is 1.69. The molecule has 140 valence electrons. The van der Waals surface area contributed by atoms with Gasteiger partial charge in [0.2, 0.25) is 5.89 Å². The molecule has 0 saturated carbocycles. The van der Waals surface area contributed by atoms with E-state index in [1.165, 1.54) is 7.11 Å². The molecule has 1 aromatic heterocycles. The fraction of sp³-hybridized carbons (Fsp3) is 0.0909. The van der Waals surface area contributed by atoms with Crippen molar-refractivity contribution in [3.63, 3.8) is 0 Å². The largest absolute Gasteiger partial charge is 0.497 e. The van der Waals surface area contributed by atoms with Gasteiger partial charge in [-0.3, -0.25) is 0 Å². The first-order valence-electron chi connectivity index (χ1n) is 8.58. The van der Waals surface area contributed by atoms with E-state index in [4.69, 9.17) is 18.6 Å². The topological polar surface area (TPSA) is 70.8 Å². The first-order chi connectivity index (χ1) is 13.7. The smallest absolute Gasteiger partial charge is 0.343 e. The number of benzene rings is 3. The van der Waals surface area contributed by atoms with Crippen LogP contribution in [-0.2, 0) is 0 Å². The third kappa shape index (κ3) is 3.40. The number of methoxy groups -OCH3 is 2. The second kappa shape index (κ2) is 7.44. The van der Waals surface area contributed by atoms with E-state index >= 15 is 0 Å². The molecule has 0 unspecified atom stereocenters. The van der Waals surface area contributed by atoms with Crippen LogP contribution in [0.5, 0.6) is 17.2 Å². The van der Waals surface area contributed by atoms with E-state index in [9.17, 15) is 4.79 Å². The summed E-state index contributed by atoms with van der Waals surface area (Å²) < 4.78 is 21.9. The molecule has 1 heterocycles. The molecule has 4 rings (SSSR count). The van der Waals surface area contributed by atoms with Gasteiger partial charge in [-0.05, 0) is 36.4 Å². The van der Waals surface area contributed by atoms with E-state index in [-0.39, 0.29) is 0 Å². The number of rotatable bonds is 5. The first kappa shape index (κ1) is 17.6. The molecule has 0 fully saturated rings. The summed E-state index contributed by atoms with van der Waals surface area (Å²) >= 11 is 0. The molecule has 0 saturated heterocycles. The van der Waals surface area contributed by atoms with Crippen molar-refractivity contribution >= 4 is 17.1 Å². The molecule has 6 heteroatoms. The molecular formula is C22H17NO5. The first-order valence-corrected chi connectivity index (χ1v) is 8.58. The van der Waals surface area contributed by atoms with Gasteiger partial charge in [-0.25, -0.2) is 9.78 Å². The zero-order valence-electron chi connectivity index (χ0n) is 15.3. The maximum Gasteiger partial charge on any atom is 0.343 e. The lowest BCUT2D eigenvalue weighted by Crippen LogP contribution is -2.08. The normalized spacial score (nSPS) is 10.6. The molecule has 0 atom stereocenters. The molecule has 0 N–H and O–H groups in total. The quantitative estimate of drug-likeness (QED) is 0.371. The Morgan fingerprint density at radius 2 is 1.64 bits per heavy atom. The van der Waals surface area contributed by atoms with Crippen LogP contribution in [0.2, 0.25) is 0 Å². The van der Waals surface area contributed by atoms with Crippen LogP contribution in [0.1, 0.15) is 10.4 Å². The standard InChI is InChI=1S/C22H17NO5/c1-25-16-10-8-14(9-11-16)21-23-20-18(26-2)12-17(13-19(20)28-21)27-22(24)15-6-4-3-5-7-15/h3-13H,1-2H3. The van der Waals surface area contributed by atoms with E-state index in [0.717, 1.165) is 11.3 Å². The second-order valence-electron chi connectivity index (χ2n) is 5.98. The van der Waals surface area contributed by atoms with Crippen molar-refractivity contribution in [3.05, 3.63) is 72.3 Å². The highest BCUT2D eigenvalue weighted by atomic mass is 16.5. The van der Waals surface area contributed by atoms with Crippen molar-refractivity contribution in [2.24, 2.45) is 0 Å². The van der Waals surface area contributed by atoms with Gasteiger partial charge in [0.1, 0.15) is 11.5 Å². The number of hydrogen-bond acceptors (Lipinski definition) is 6. The van der Waals surface area contributed by atoms with E-state index in [1.54, 1.807) is 43.5 Å². The van der Waals surface area contributed by atoms with Crippen molar-refractivity contribution < 1.29 is 23.4 Å². The molecule has 4 aromatic rings. The maximum atomic E-state index is 12.3. The Kier molecular flexibility index (Phi) is 4.68. The molecule has 0 amide bonds. The van der Waals surface area contributed by atoms with Crippen LogP contribution in [-0.4, -0.2) is 25.2 Å². The Hall–Kier alpha value is -3.80. The van der Waals surface area contributed by atoms with Crippen molar-refractivity contribution in [1.82, 2.24) is 4.98 Å². The molecule has 0 bridgehead atoms. The highest BCUT2D eigenvalue weighted by molar-refractivity contribution is 5.92. The molecule has 3 aromatic carbocycles. The number of oxazole rings is 1. The van der Waals surface area contributed by atoms with Gasteiger partial charge in [0, 0.05) is 17.7 Å². The maximum absolute atomic E-state index is 12.3. The summed E-state index contributed by atoms with van der Waals surface area (Å²) in [5.74, 6) is 1.49. The van der Waals surface area contributed by atoms with Crippen molar-refractivity contribution in [3.8, 4) is 28.7 Å². The van der Waals surface area contributed by atoms with E-state index in [0.29, 0.717) is 34.1 Å². The van der Waals surface area contributed by atoms with Gasteiger partial charge in [0.05, 0.1) is 19.8 Å². The highest BCUT2D eigenvalue weighted by Crippen LogP contribution is 2.34. The summed E-state index contributed by atoms with van der Waals surface area (Å²) in [6, 6.07) is 19.4. The molecule has 0 aliphatic heterocycles. The second-order valence-corrected chi connectivity index (χ2v) is 5.98. The molecule has 0 aliphatic rings. The molecular weight excluding hydrogens is 358 g/mol. The van der Waals surface area contributed by atoms with Gasteiger partial charge < -0.3 is 18.6 Å². The molecule has 0 radical (unpaired) electrons. The Bertz CT molecular complexity index is 1120. The van der Waals surface area contributed by atoms with Gasteiger partial charge >= 0.3 is 5.97 Å². The van der Waals surface area contributed by atoms with Gasteiger partial charge in [0.15, 0.2) is 16.8 Å². The summed E-state index contributed by atoms with van der Waals surface area (Å²) in [5.41, 5.74) is 2.26. The third-order valence-electron chi connectivity index (χ3n) is 4.21. The van der Waals surface area contributed by atoms with Crippen molar-refractivity contribution in [2.75, 3.05) is 14.2 Å². The van der Waals surface area contributed by atoms with Crippen LogP contribution in [0, 0.1) is 0 Å². The number of aromatic nitrogens is 1. The molecule has 28 heavy (non-hydrogen) atoms. The number of ether oxygens (including phenoxy) is 3. The highest BCUT2D eigenvalue weighted by Gasteiger charge is 2.16. The number of fused-ring (bicyclic) bond motifs is 1. The molecule has 0 spiro atoms. The number of carbonyl (C=O) groups excluding carboxylic acids is 1. The van der Waals surface area contributed by atoms with E-state index < -0.39 is 5.97 Å². The van der Waals surface area contributed by atoms with Crippen LogP contribution in [0.25, 0.3) is 22.6 Å². The Morgan fingerprint density at radius 1 is 0.893 bits per heavy atom. The van der Waals surface area contributed by atoms with Gasteiger partial charge in [-0.1, -0.05) is 18.2 Å². The predicted octanol–water partition coefficient (Wildman–Crippen LogP) is 4.73. The molecule has 0 aliphatic carbocycles. The van der Waals surface area contributed by atoms with Crippen LogP contribution in [0.3, 0.4) is 0 Å². The van der Waals surface area contributed by atoms with Crippen LogP contribution in [0.15, 0.2) is 71.1 Å². The van der Waals surface area contributed by atoms with Gasteiger partial charge in [0.25, 0.3) is 0 Å². The number of esters is 1. The minimum Gasteiger partial charge on any atom is -0.497 e. The van der Waals surface area contributed by atoms with Crippen molar-refractivity contribution in [2.45, 2.75) is 0 Å². The van der Waals surface area contributed by atoms with Crippen LogP contribution < -0.4 is 14.2 Å². The average molecular weight is 375 g/mol. The monoisotopic (exact) mass is 375 g/mol. The fourth-order valence-corrected chi connectivity index (χ4v) is 2.79. The lowest BCUT2D eigenvalue weighted by molar-refractivity contribution is 0.0734. The summed E-state index contributed by atoms with van der Waals surface area (Å²) in [5, 5.41) is 0. The Morgan fingerprint density at radius 3 is 2.32 bits per heavy atom. The minimum absolute atomic E-state index is 0.315. The number of hydrogen-bond donors (Lipinski definition) is 0. The lowest BCUT2D eigenvalue weighted by atomic mass is 10.2. The van der Waals surface area contributed by atoms with E-state index in [2.05, 4.69) is 4.98 Å². The zero-order chi connectivity index (χ0) is 19.5. The van der Waals surface area contributed by atoms with Gasteiger partial charge in [-0.15, -0.1) is 0 Å². The predicted molar refractivity (Wildman–Crippen MR) is 104 cm³/mol.